The maximum absolute atomic E-state index is 12.7. The Morgan fingerprint density at radius 3 is 0.942 bits per heavy atom. The van der Waals surface area contributed by atoms with Gasteiger partial charge >= 0.3 is 17.9 Å². The standard InChI is InChI=1S/C46H88O6/c1-5-7-9-11-13-15-16-17-22-26-30-34-38-45(48)51-41-43(40-50-44(47)37-33-29-25-20-14-12-10-8-6-2)52-46(49)39-35-31-27-23-19-18-21-24-28-32-36-42(3)4/h42-43H,5-41H2,1-4H3/t43-/m0/s1. The van der Waals surface area contributed by atoms with Gasteiger partial charge < -0.3 is 14.2 Å². The number of hydrogen-bond donors (Lipinski definition) is 0. The van der Waals surface area contributed by atoms with Crippen LogP contribution in [0.3, 0.4) is 0 Å². The highest BCUT2D eigenvalue weighted by atomic mass is 16.6. The van der Waals surface area contributed by atoms with Crippen molar-refractivity contribution in [3.63, 3.8) is 0 Å². The molecule has 0 aromatic rings. The summed E-state index contributed by atoms with van der Waals surface area (Å²) in [5.74, 6) is -0.0401. The highest BCUT2D eigenvalue weighted by molar-refractivity contribution is 5.71. The van der Waals surface area contributed by atoms with E-state index in [0.29, 0.717) is 19.3 Å². The second kappa shape index (κ2) is 40.6. The molecule has 0 spiro atoms. The van der Waals surface area contributed by atoms with Crippen LogP contribution in [0.15, 0.2) is 0 Å². The number of rotatable bonds is 41. The lowest BCUT2D eigenvalue weighted by Crippen LogP contribution is -2.30. The molecule has 0 rings (SSSR count). The van der Waals surface area contributed by atoms with Crippen molar-refractivity contribution in [2.45, 2.75) is 259 Å². The van der Waals surface area contributed by atoms with Crippen LogP contribution in [0.5, 0.6) is 0 Å². The maximum atomic E-state index is 12.7. The molecule has 0 aliphatic carbocycles. The van der Waals surface area contributed by atoms with E-state index in [-0.39, 0.29) is 31.1 Å². The topological polar surface area (TPSA) is 78.9 Å². The summed E-state index contributed by atoms with van der Waals surface area (Å²) in [5.41, 5.74) is 0. The van der Waals surface area contributed by atoms with Crippen LogP contribution in [0.25, 0.3) is 0 Å². The second-order valence-corrected chi connectivity index (χ2v) is 16.2. The molecule has 0 N–H and O–H groups in total. The Kier molecular flexibility index (Phi) is 39.4. The first-order valence-corrected chi connectivity index (χ1v) is 22.9. The molecule has 0 heterocycles. The van der Waals surface area contributed by atoms with E-state index in [0.717, 1.165) is 63.7 Å². The highest BCUT2D eigenvalue weighted by Gasteiger charge is 2.19. The molecule has 0 aliphatic rings. The minimum absolute atomic E-state index is 0.0639. The third-order valence-corrected chi connectivity index (χ3v) is 10.3. The van der Waals surface area contributed by atoms with Crippen molar-refractivity contribution in [1.29, 1.82) is 0 Å². The van der Waals surface area contributed by atoms with Crippen molar-refractivity contribution in [1.82, 2.24) is 0 Å². The summed E-state index contributed by atoms with van der Waals surface area (Å²) in [4.78, 5) is 37.6. The van der Waals surface area contributed by atoms with Crippen LogP contribution in [0.1, 0.15) is 252 Å². The molecule has 0 saturated heterocycles. The van der Waals surface area contributed by atoms with Gasteiger partial charge in [0.25, 0.3) is 0 Å². The molecular formula is C46H88O6. The van der Waals surface area contributed by atoms with Crippen LogP contribution in [-0.2, 0) is 28.6 Å². The molecule has 0 aromatic carbocycles. The molecular weight excluding hydrogens is 648 g/mol. The van der Waals surface area contributed by atoms with E-state index in [4.69, 9.17) is 14.2 Å². The molecule has 1 atom stereocenters. The molecule has 0 fully saturated rings. The third-order valence-electron chi connectivity index (χ3n) is 10.3. The number of ether oxygens (including phenoxy) is 3. The minimum atomic E-state index is -0.758. The van der Waals surface area contributed by atoms with Crippen LogP contribution in [0.2, 0.25) is 0 Å². The van der Waals surface area contributed by atoms with Crippen molar-refractivity contribution in [2.24, 2.45) is 5.92 Å². The van der Waals surface area contributed by atoms with E-state index in [2.05, 4.69) is 27.7 Å². The summed E-state index contributed by atoms with van der Waals surface area (Å²) in [6, 6.07) is 0. The first-order chi connectivity index (χ1) is 25.4. The van der Waals surface area contributed by atoms with Crippen LogP contribution in [0.4, 0.5) is 0 Å². The summed E-state index contributed by atoms with van der Waals surface area (Å²) in [7, 11) is 0. The van der Waals surface area contributed by atoms with Crippen molar-refractivity contribution in [3.8, 4) is 0 Å². The van der Waals surface area contributed by atoms with Crippen molar-refractivity contribution in [3.05, 3.63) is 0 Å². The van der Waals surface area contributed by atoms with Gasteiger partial charge in [0.2, 0.25) is 0 Å². The Labute approximate surface area is 323 Å². The van der Waals surface area contributed by atoms with Gasteiger partial charge in [-0.3, -0.25) is 14.4 Å². The lowest BCUT2D eigenvalue weighted by Gasteiger charge is -2.18. The lowest BCUT2D eigenvalue weighted by atomic mass is 10.0. The fraction of sp³-hybridized carbons (Fsp3) is 0.935. The summed E-state index contributed by atoms with van der Waals surface area (Å²) >= 11 is 0. The summed E-state index contributed by atoms with van der Waals surface area (Å²) in [6.07, 6.45) is 39.4. The van der Waals surface area contributed by atoms with Gasteiger partial charge in [0, 0.05) is 19.3 Å². The largest absolute Gasteiger partial charge is 0.462 e. The zero-order valence-electron chi connectivity index (χ0n) is 35.3. The molecule has 0 amide bonds. The van der Waals surface area contributed by atoms with Gasteiger partial charge in [0.05, 0.1) is 0 Å². The Morgan fingerprint density at radius 2 is 0.635 bits per heavy atom. The Hall–Kier alpha value is -1.59. The van der Waals surface area contributed by atoms with E-state index < -0.39 is 6.10 Å². The predicted molar refractivity (Wildman–Crippen MR) is 220 cm³/mol. The molecule has 0 radical (unpaired) electrons. The van der Waals surface area contributed by atoms with Gasteiger partial charge in [0.15, 0.2) is 6.10 Å². The Bertz CT molecular complexity index is 781. The predicted octanol–water partition coefficient (Wildman–Crippen LogP) is 14.3. The Morgan fingerprint density at radius 1 is 0.365 bits per heavy atom. The smallest absolute Gasteiger partial charge is 0.306 e. The second-order valence-electron chi connectivity index (χ2n) is 16.2. The fourth-order valence-electron chi connectivity index (χ4n) is 6.80. The molecule has 52 heavy (non-hydrogen) atoms. The van der Waals surface area contributed by atoms with Crippen LogP contribution >= 0.6 is 0 Å². The number of hydrogen-bond acceptors (Lipinski definition) is 6. The van der Waals surface area contributed by atoms with Crippen molar-refractivity contribution < 1.29 is 28.6 Å². The zero-order valence-corrected chi connectivity index (χ0v) is 35.3. The van der Waals surface area contributed by atoms with Gasteiger partial charge in [-0.15, -0.1) is 0 Å². The van der Waals surface area contributed by atoms with E-state index in [1.54, 1.807) is 0 Å². The number of carbonyl (C=O) groups excluding carboxylic acids is 3. The lowest BCUT2D eigenvalue weighted by molar-refractivity contribution is -0.167. The molecule has 0 aliphatic heterocycles. The van der Waals surface area contributed by atoms with Gasteiger partial charge in [-0.25, -0.2) is 0 Å². The molecule has 0 bridgehead atoms. The first kappa shape index (κ1) is 50.4. The van der Waals surface area contributed by atoms with E-state index in [1.807, 2.05) is 0 Å². The summed E-state index contributed by atoms with van der Waals surface area (Å²) < 4.78 is 16.7. The van der Waals surface area contributed by atoms with Gasteiger partial charge in [-0.2, -0.15) is 0 Å². The van der Waals surface area contributed by atoms with Gasteiger partial charge in [-0.05, 0) is 25.2 Å². The van der Waals surface area contributed by atoms with E-state index in [1.165, 1.54) is 148 Å². The third kappa shape index (κ3) is 39.6. The number of esters is 3. The van der Waals surface area contributed by atoms with Gasteiger partial charge in [0.1, 0.15) is 13.2 Å². The summed E-state index contributed by atoms with van der Waals surface area (Å²) in [5, 5.41) is 0. The quantitative estimate of drug-likeness (QED) is 0.0353. The normalized spacial score (nSPS) is 11.9. The average molecular weight is 737 g/mol. The molecule has 6 heteroatoms. The van der Waals surface area contributed by atoms with E-state index >= 15 is 0 Å². The molecule has 0 unspecified atom stereocenters. The van der Waals surface area contributed by atoms with E-state index in [9.17, 15) is 14.4 Å². The highest BCUT2D eigenvalue weighted by Crippen LogP contribution is 2.16. The van der Waals surface area contributed by atoms with Crippen LogP contribution in [-0.4, -0.2) is 37.2 Å². The number of unbranched alkanes of at least 4 members (excludes halogenated alkanes) is 28. The zero-order chi connectivity index (χ0) is 38.2. The first-order valence-electron chi connectivity index (χ1n) is 22.9. The van der Waals surface area contributed by atoms with Crippen molar-refractivity contribution in [2.75, 3.05) is 13.2 Å². The monoisotopic (exact) mass is 737 g/mol. The SMILES string of the molecule is CCCCCCCCCCCCCCC(=O)OC[C@H](COC(=O)CCCCCCCCCCC)OC(=O)CCCCCCCCCCCCC(C)C. The molecule has 0 aromatic heterocycles. The molecule has 6 nitrogen and oxygen atoms in total. The molecule has 0 saturated carbocycles. The Balaban J connectivity index is 4.32. The van der Waals surface area contributed by atoms with Crippen LogP contribution < -0.4 is 0 Å². The molecule has 308 valence electrons. The van der Waals surface area contributed by atoms with Crippen LogP contribution in [0, 0.1) is 5.92 Å². The number of carbonyl (C=O) groups is 3. The van der Waals surface area contributed by atoms with Crippen molar-refractivity contribution >= 4 is 17.9 Å². The van der Waals surface area contributed by atoms with Gasteiger partial charge in [-0.1, -0.05) is 214 Å². The summed E-state index contributed by atoms with van der Waals surface area (Å²) in [6.45, 7) is 8.96. The maximum Gasteiger partial charge on any atom is 0.306 e. The minimum Gasteiger partial charge on any atom is -0.462 e. The fourth-order valence-corrected chi connectivity index (χ4v) is 6.80. The average Bonchev–Trinajstić information content (AvgIpc) is 3.12.